The van der Waals surface area contributed by atoms with E-state index in [4.69, 9.17) is 28.9 Å². The molecule has 1 aliphatic heterocycles. The Morgan fingerprint density at radius 1 is 1.39 bits per heavy atom. The van der Waals surface area contributed by atoms with Gasteiger partial charge in [0.15, 0.2) is 0 Å². The second-order valence-corrected chi connectivity index (χ2v) is 5.40. The predicted molar refractivity (Wildman–Crippen MR) is 74.0 cm³/mol. The molecule has 2 rings (SSSR count). The molecule has 1 unspecified atom stereocenters. The van der Waals surface area contributed by atoms with Crippen LogP contribution in [-0.4, -0.2) is 29.9 Å². The van der Waals surface area contributed by atoms with E-state index >= 15 is 0 Å². The molecule has 0 radical (unpaired) electrons. The molecule has 0 saturated carbocycles. The molecule has 1 heterocycles. The molecule has 1 aromatic carbocycles. The Morgan fingerprint density at radius 2 is 2.17 bits per heavy atom. The van der Waals surface area contributed by atoms with Gasteiger partial charge in [0.1, 0.15) is 0 Å². The average Bonchev–Trinajstić information content (AvgIpc) is 2.33. The number of hydrogen-bond donors (Lipinski definition) is 1. The molecule has 98 valence electrons. The predicted octanol–water partition coefficient (Wildman–Crippen LogP) is 2.49. The minimum absolute atomic E-state index is 0.0475. The zero-order chi connectivity index (χ0) is 13.1. The number of piperidine rings is 1. The first-order valence-electron chi connectivity index (χ1n) is 6.06. The van der Waals surface area contributed by atoms with Gasteiger partial charge in [0.25, 0.3) is 0 Å². The summed E-state index contributed by atoms with van der Waals surface area (Å²) in [6, 6.07) is 5.10. The van der Waals surface area contributed by atoms with Crippen LogP contribution in [-0.2, 0) is 11.2 Å². The summed E-state index contributed by atoms with van der Waals surface area (Å²) >= 11 is 11.9. The normalized spacial score (nSPS) is 20.3. The Morgan fingerprint density at radius 3 is 2.89 bits per heavy atom. The lowest BCUT2D eigenvalue weighted by Crippen LogP contribution is -2.48. The van der Waals surface area contributed by atoms with Crippen LogP contribution in [0.4, 0.5) is 0 Å². The lowest BCUT2D eigenvalue weighted by molar-refractivity contribution is -0.134. The molecule has 3 nitrogen and oxygen atoms in total. The molecule has 0 spiro atoms. The number of carbonyl (C=O) groups is 1. The van der Waals surface area contributed by atoms with Crippen molar-refractivity contribution in [3.8, 4) is 0 Å². The highest BCUT2D eigenvalue weighted by molar-refractivity contribution is 6.35. The molecule has 1 aromatic rings. The zero-order valence-corrected chi connectivity index (χ0v) is 11.5. The molecule has 1 fully saturated rings. The van der Waals surface area contributed by atoms with Crippen molar-refractivity contribution in [2.75, 3.05) is 13.1 Å². The first-order valence-corrected chi connectivity index (χ1v) is 6.82. The molecular weight excluding hydrogens is 271 g/mol. The third-order valence-electron chi connectivity index (χ3n) is 3.24. The topological polar surface area (TPSA) is 46.3 Å². The van der Waals surface area contributed by atoms with Crippen molar-refractivity contribution in [3.05, 3.63) is 33.8 Å². The molecule has 0 bridgehead atoms. The van der Waals surface area contributed by atoms with Crippen molar-refractivity contribution in [2.45, 2.75) is 25.3 Å². The second-order valence-electron chi connectivity index (χ2n) is 4.56. The number of nitrogens with zero attached hydrogens (tertiary/aromatic N) is 1. The van der Waals surface area contributed by atoms with Gasteiger partial charge in [0.2, 0.25) is 5.91 Å². The Kier molecular flexibility index (Phi) is 4.49. The van der Waals surface area contributed by atoms with Crippen LogP contribution in [0.25, 0.3) is 0 Å². The van der Waals surface area contributed by atoms with Gasteiger partial charge in [0.05, 0.1) is 6.04 Å². The van der Waals surface area contributed by atoms with Crippen molar-refractivity contribution in [1.82, 2.24) is 4.90 Å². The summed E-state index contributed by atoms with van der Waals surface area (Å²) in [5.74, 6) is 0.0475. The molecule has 1 atom stereocenters. The number of nitrogens with two attached hydrogens (primary N) is 1. The van der Waals surface area contributed by atoms with Crippen LogP contribution in [0.5, 0.6) is 0 Å². The van der Waals surface area contributed by atoms with Crippen molar-refractivity contribution >= 4 is 29.1 Å². The van der Waals surface area contributed by atoms with E-state index in [0.717, 1.165) is 31.4 Å². The molecule has 5 heteroatoms. The monoisotopic (exact) mass is 286 g/mol. The summed E-state index contributed by atoms with van der Waals surface area (Å²) < 4.78 is 0. The fourth-order valence-electron chi connectivity index (χ4n) is 2.17. The van der Waals surface area contributed by atoms with Gasteiger partial charge in [-0.05, 0) is 37.0 Å². The minimum Gasteiger partial charge on any atom is -0.341 e. The Balaban J connectivity index is 1.96. The second kappa shape index (κ2) is 5.91. The lowest BCUT2D eigenvalue weighted by Gasteiger charge is -2.30. The Labute approximate surface area is 117 Å². The molecule has 1 amide bonds. The summed E-state index contributed by atoms with van der Waals surface area (Å²) in [5, 5.41) is 1.27. The van der Waals surface area contributed by atoms with Crippen LogP contribution in [0.15, 0.2) is 18.2 Å². The fourth-order valence-corrected chi connectivity index (χ4v) is 2.68. The summed E-state index contributed by atoms with van der Waals surface area (Å²) in [6.45, 7) is 1.45. The van der Waals surface area contributed by atoms with Crippen molar-refractivity contribution < 1.29 is 4.79 Å². The van der Waals surface area contributed by atoms with Crippen LogP contribution in [0.1, 0.15) is 18.4 Å². The molecule has 2 N–H and O–H groups in total. The van der Waals surface area contributed by atoms with Crippen LogP contribution in [0.2, 0.25) is 10.0 Å². The maximum absolute atomic E-state index is 11.8. The smallest absolute Gasteiger partial charge is 0.239 e. The van der Waals surface area contributed by atoms with Crippen LogP contribution in [0, 0.1) is 0 Å². The third kappa shape index (κ3) is 3.16. The largest absolute Gasteiger partial charge is 0.341 e. The fraction of sp³-hybridized carbons (Fsp3) is 0.462. The Hall–Kier alpha value is -0.770. The highest BCUT2D eigenvalue weighted by atomic mass is 35.5. The van der Waals surface area contributed by atoms with Gasteiger partial charge < -0.3 is 10.6 Å². The summed E-state index contributed by atoms with van der Waals surface area (Å²) in [6.07, 6.45) is 2.49. The summed E-state index contributed by atoms with van der Waals surface area (Å²) in [4.78, 5) is 13.7. The van der Waals surface area contributed by atoms with E-state index < -0.39 is 0 Å². The quantitative estimate of drug-likeness (QED) is 0.928. The van der Waals surface area contributed by atoms with Crippen molar-refractivity contribution in [1.29, 1.82) is 0 Å². The number of hydrogen-bond acceptors (Lipinski definition) is 2. The number of benzene rings is 1. The van der Waals surface area contributed by atoms with E-state index in [-0.39, 0.29) is 11.9 Å². The molecule has 1 saturated heterocycles. The molecule has 1 aliphatic rings. The van der Waals surface area contributed by atoms with E-state index in [1.54, 1.807) is 6.07 Å². The maximum Gasteiger partial charge on any atom is 0.239 e. The van der Waals surface area contributed by atoms with Gasteiger partial charge >= 0.3 is 0 Å². The van der Waals surface area contributed by atoms with Gasteiger partial charge in [-0.25, -0.2) is 0 Å². The lowest BCUT2D eigenvalue weighted by atomic mass is 10.0. The standard InChI is InChI=1S/C13H16Cl2N2O/c14-10-4-3-9(11(15)8-10)5-7-17-6-1-2-12(16)13(17)18/h3-4,8,12H,1-2,5-7,16H2. The number of carbonyl (C=O) groups excluding carboxylic acids is 1. The highest BCUT2D eigenvalue weighted by Crippen LogP contribution is 2.22. The minimum atomic E-state index is -0.334. The third-order valence-corrected chi connectivity index (χ3v) is 3.83. The summed E-state index contributed by atoms with van der Waals surface area (Å²) in [7, 11) is 0. The van der Waals surface area contributed by atoms with Gasteiger partial charge in [0, 0.05) is 23.1 Å². The van der Waals surface area contributed by atoms with Gasteiger partial charge in [-0.15, -0.1) is 0 Å². The first kappa shape index (κ1) is 13.7. The van der Waals surface area contributed by atoms with Crippen molar-refractivity contribution in [3.63, 3.8) is 0 Å². The van der Waals surface area contributed by atoms with E-state index in [1.165, 1.54) is 0 Å². The SMILES string of the molecule is NC1CCCN(CCc2ccc(Cl)cc2Cl)C1=O. The Bertz CT molecular complexity index is 451. The molecule has 18 heavy (non-hydrogen) atoms. The maximum atomic E-state index is 11.8. The number of halogens is 2. The van der Waals surface area contributed by atoms with Gasteiger partial charge in [-0.2, -0.15) is 0 Å². The van der Waals surface area contributed by atoms with Gasteiger partial charge in [-0.3, -0.25) is 4.79 Å². The number of likely N-dealkylation sites (tertiary alicyclic amines) is 1. The van der Waals surface area contributed by atoms with Crippen molar-refractivity contribution in [2.24, 2.45) is 5.73 Å². The first-order chi connectivity index (χ1) is 8.58. The van der Waals surface area contributed by atoms with Gasteiger partial charge in [-0.1, -0.05) is 29.3 Å². The summed E-state index contributed by atoms with van der Waals surface area (Å²) in [5.41, 5.74) is 6.76. The van der Waals surface area contributed by atoms with E-state index in [9.17, 15) is 4.79 Å². The zero-order valence-electron chi connectivity index (χ0n) is 10.0. The van der Waals surface area contributed by atoms with Crippen LogP contribution >= 0.6 is 23.2 Å². The van der Waals surface area contributed by atoms with E-state index in [0.29, 0.717) is 16.6 Å². The number of amides is 1. The van der Waals surface area contributed by atoms with E-state index in [2.05, 4.69) is 0 Å². The molecule has 0 aromatic heterocycles. The average molecular weight is 287 g/mol. The highest BCUT2D eigenvalue weighted by Gasteiger charge is 2.25. The van der Waals surface area contributed by atoms with Crippen LogP contribution < -0.4 is 5.73 Å². The number of rotatable bonds is 3. The molecular formula is C13H16Cl2N2O. The van der Waals surface area contributed by atoms with E-state index in [1.807, 2.05) is 17.0 Å². The molecule has 0 aliphatic carbocycles. The van der Waals surface area contributed by atoms with Crippen LogP contribution in [0.3, 0.4) is 0 Å².